The quantitative estimate of drug-likeness (QED) is 0.475. The van der Waals surface area contributed by atoms with Gasteiger partial charge in [0.15, 0.2) is 5.41 Å². The van der Waals surface area contributed by atoms with Crippen LogP contribution in [0.15, 0.2) is 0 Å². The van der Waals surface area contributed by atoms with Gasteiger partial charge in [-0.3, -0.25) is 14.4 Å². The van der Waals surface area contributed by atoms with Gasteiger partial charge in [-0.05, 0) is 27.2 Å². The Kier molecular flexibility index (Phi) is 8.03. The molecule has 0 aromatic carbocycles. The molecule has 0 bridgehead atoms. The van der Waals surface area contributed by atoms with E-state index in [0.29, 0.717) is 6.42 Å². The Morgan fingerprint density at radius 2 is 1.42 bits per heavy atom. The predicted molar refractivity (Wildman–Crippen MR) is 70.5 cm³/mol. The van der Waals surface area contributed by atoms with Crippen LogP contribution in [-0.2, 0) is 23.9 Å². The minimum absolute atomic E-state index is 0.162. The maximum Gasteiger partial charge on any atom is 0.323 e. The van der Waals surface area contributed by atoms with Crippen LogP contribution in [0.3, 0.4) is 0 Å². The van der Waals surface area contributed by atoms with Crippen molar-refractivity contribution in [1.29, 1.82) is 0 Å². The summed E-state index contributed by atoms with van der Waals surface area (Å²) in [6, 6.07) is 0. The third-order valence-electron chi connectivity index (χ3n) is 2.84. The van der Waals surface area contributed by atoms with Crippen LogP contribution >= 0.6 is 0 Å². The number of unbranched alkanes of at least 4 members (excludes halogenated alkanes) is 1. The lowest BCUT2D eigenvalue weighted by Gasteiger charge is -2.28. The van der Waals surface area contributed by atoms with Crippen LogP contribution in [0.2, 0.25) is 0 Å². The van der Waals surface area contributed by atoms with Gasteiger partial charge in [0.25, 0.3) is 0 Å². The summed E-state index contributed by atoms with van der Waals surface area (Å²) in [6.45, 7) is 6.99. The minimum atomic E-state index is -1.48. The topological polar surface area (TPSA) is 69.7 Å². The van der Waals surface area contributed by atoms with Crippen LogP contribution in [-0.4, -0.2) is 30.9 Å². The van der Waals surface area contributed by atoms with Crippen LogP contribution in [0.5, 0.6) is 0 Å². The van der Waals surface area contributed by atoms with Crippen LogP contribution in [0.1, 0.15) is 53.4 Å². The molecular formula is C14H24O5. The molecule has 5 nitrogen and oxygen atoms in total. The van der Waals surface area contributed by atoms with Gasteiger partial charge in [0.1, 0.15) is 5.78 Å². The summed E-state index contributed by atoms with van der Waals surface area (Å²) in [4.78, 5) is 35.7. The molecule has 0 aliphatic rings. The van der Waals surface area contributed by atoms with Crippen molar-refractivity contribution in [1.82, 2.24) is 0 Å². The highest BCUT2D eigenvalue weighted by atomic mass is 16.6. The molecule has 19 heavy (non-hydrogen) atoms. The van der Waals surface area contributed by atoms with E-state index in [0.717, 1.165) is 6.42 Å². The summed E-state index contributed by atoms with van der Waals surface area (Å²) in [5.74, 6) is -1.54. The molecule has 0 N–H and O–H groups in total. The lowest BCUT2D eigenvalue weighted by Crippen LogP contribution is -2.43. The van der Waals surface area contributed by atoms with E-state index in [-0.39, 0.29) is 31.8 Å². The molecule has 0 atom stereocenters. The van der Waals surface area contributed by atoms with Gasteiger partial charge in [-0.25, -0.2) is 0 Å². The number of Topliss-reactive ketones (excluding diaryl/α,β-unsaturated/α-hetero) is 1. The van der Waals surface area contributed by atoms with E-state index >= 15 is 0 Å². The number of rotatable bonds is 9. The van der Waals surface area contributed by atoms with Gasteiger partial charge in [-0.15, -0.1) is 0 Å². The van der Waals surface area contributed by atoms with E-state index < -0.39 is 17.4 Å². The Balaban J connectivity index is 5.35. The smallest absolute Gasteiger partial charge is 0.323 e. The van der Waals surface area contributed by atoms with Gasteiger partial charge >= 0.3 is 11.9 Å². The molecule has 0 aliphatic heterocycles. The highest BCUT2D eigenvalue weighted by Crippen LogP contribution is 2.33. The molecule has 110 valence electrons. The van der Waals surface area contributed by atoms with E-state index in [1.54, 1.807) is 13.8 Å². The predicted octanol–water partition coefficient (Wildman–Crippen LogP) is 2.27. The fourth-order valence-electron chi connectivity index (χ4n) is 1.96. The fourth-order valence-corrected chi connectivity index (χ4v) is 1.96. The second-order valence-corrected chi connectivity index (χ2v) is 4.51. The maximum absolute atomic E-state index is 12.1. The Bertz CT molecular complexity index is 304. The Morgan fingerprint density at radius 1 is 0.947 bits per heavy atom. The van der Waals surface area contributed by atoms with Crippen molar-refractivity contribution < 1.29 is 23.9 Å². The van der Waals surface area contributed by atoms with E-state index in [4.69, 9.17) is 9.47 Å². The number of carbonyl (C=O) groups excluding carboxylic acids is 3. The standard InChI is InChI=1S/C14H24O5/c1-5-8-9-14(10-11(4)15,12(16)18-6-2)13(17)19-7-3/h5-10H2,1-4H3. The first-order chi connectivity index (χ1) is 8.94. The molecule has 0 saturated carbocycles. The average molecular weight is 272 g/mol. The molecule has 0 amide bonds. The first-order valence-corrected chi connectivity index (χ1v) is 6.78. The zero-order valence-corrected chi connectivity index (χ0v) is 12.3. The van der Waals surface area contributed by atoms with Crippen molar-refractivity contribution in [3.63, 3.8) is 0 Å². The van der Waals surface area contributed by atoms with Crippen LogP contribution < -0.4 is 0 Å². The zero-order valence-electron chi connectivity index (χ0n) is 12.3. The Hall–Kier alpha value is -1.39. The average Bonchev–Trinajstić information content (AvgIpc) is 2.34. The molecule has 0 heterocycles. The normalized spacial score (nSPS) is 10.9. The van der Waals surface area contributed by atoms with Crippen molar-refractivity contribution >= 4 is 17.7 Å². The van der Waals surface area contributed by atoms with Crippen LogP contribution in [0, 0.1) is 5.41 Å². The molecule has 0 aromatic rings. The second kappa shape index (κ2) is 8.67. The van der Waals surface area contributed by atoms with Gasteiger partial charge in [0, 0.05) is 6.42 Å². The largest absolute Gasteiger partial charge is 0.465 e. The van der Waals surface area contributed by atoms with Crippen molar-refractivity contribution in [2.24, 2.45) is 5.41 Å². The summed E-state index contributed by atoms with van der Waals surface area (Å²) in [7, 11) is 0. The number of hydrogen-bond donors (Lipinski definition) is 0. The zero-order chi connectivity index (χ0) is 14.9. The molecule has 0 fully saturated rings. The first kappa shape index (κ1) is 17.6. The van der Waals surface area contributed by atoms with Crippen molar-refractivity contribution in [3.05, 3.63) is 0 Å². The molecule has 0 rings (SSSR count). The molecule has 0 unspecified atom stereocenters. The van der Waals surface area contributed by atoms with E-state index in [1.165, 1.54) is 6.92 Å². The van der Waals surface area contributed by atoms with Gasteiger partial charge < -0.3 is 9.47 Å². The van der Waals surface area contributed by atoms with Gasteiger partial charge in [-0.2, -0.15) is 0 Å². The van der Waals surface area contributed by atoms with E-state index in [2.05, 4.69) is 0 Å². The van der Waals surface area contributed by atoms with Crippen molar-refractivity contribution in [2.75, 3.05) is 13.2 Å². The highest BCUT2D eigenvalue weighted by Gasteiger charge is 2.49. The summed E-state index contributed by atoms with van der Waals surface area (Å²) in [5, 5.41) is 0. The lowest BCUT2D eigenvalue weighted by atomic mass is 9.78. The van der Waals surface area contributed by atoms with Crippen LogP contribution in [0.25, 0.3) is 0 Å². The monoisotopic (exact) mass is 272 g/mol. The number of esters is 2. The molecule has 0 saturated heterocycles. The summed E-state index contributed by atoms with van der Waals surface area (Å²) in [5.41, 5.74) is -1.48. The number of carbonyl (C=O) groups is 3. The first-order valence-electron chi connectivity index (χ1n) is 6.78. The Morgan fingerprint density at radius 3 is 1.74 bits per heavy atom. The van der Waals surface area contributed by atoms with Crippen molar-refractivity contribution in [3.8, 4) is 0 Å². The number of ketones is 1. The summed E-state index contributed by atoms with van der Waals surface area (Å²) < 4.78 is 9.96. The summed E-state index contributed by atoms with van der Waals surface area (Å²) in [6.07, 6.45) is 1.59. The van der Waals surface area contributed by atoms with Gasteiger partial charge in [-0.1, -0.05) is 19.8 Å². The van der Waals surface area contributed by atoms with Crippen LogP contribution in [0.4, 0.5) is 0 Å². The van der Waals surface area contributed by atoms with E-state index in [1.807, 2.05) is 6.92 Å². The molecule has 0 radical (unpaired) electrons. The Labute approximate surface area is 114 Å². The van der Waals surface area contributed by atoms with E-state index in [9.17, 15) is 14.4 Å². The third-order valence-corrected chi connectivity index (χ3v) is 2.84. The molecular weight excluding hydrogens is 248 g/mol. The molecule has 0 spiro atoms. The molecule has 0 aromatic heterocycles. The lowest BCUT2D eigenvalue weighted by molar-refractivity contribution is -0.174. The third kappa shape index (κ3) is 5.01. The summed E-state index contributed by atoms with van der Waals surface area (Å²) >= 11 is 0. The van der Waals surface area contributed by atoms with Crippen molar-refractivity contribution in [2.45, 2.75) is 53.4 Å². The highest BCUT2D eigenvalue weighted by molar-refractivity contribution is 6.03. The second-order valence-electron chi connectivity index (χ2n) is 4.51. The SMILES string of the molecule is CCCCC(CC(C)=O)(C(=O)OCC)C(=O)OCC. The molecule has 0 aliphatic carbocycles. The number of hydrogen-bond acceptors (Lipinski definition) is 5. The maximum atomic E-state index is 12.1. The van der Waals surface area contributed by atoms with Gasteiger partial charge in [0.2, 0.25) is 0 Å². The fraction of sp³-hybridized carbons (Fsp3) is 0.786. The van der Waals surface area contributed by atoms with Gasteiger partial charge in [0.05, 0.1) is 13.2 Å². The molecule has 5 heteroatoms. The number of ether oxygens (including phenoxy) is 2. The minimum Gasteiger partial charge on any atom is -0.465 e.